The number of aromatic nitrogens is 4. The number of fused-ring (bicyclic) bond motifs is 8. The predicted molar refractivity (Wildman–Crippen MR) is 155 cm³/mol. The zero-order valence-corrected chi connectivity index (χ0v) is 21.7. The van der Waals surface area contributed by atoms with Crippen LogP contribution in [0.2, 0.25) is 0 Å². The molecule has 0 saturated heterocycles. The van der Waals surface area contributed by atoms with Crippen molar-refractivity contribution in [3.63, 3.8) is 0 Å². The maximum absolute atomic E-state index is 5.01. The minimum Gasteiger partial charge on any atom is -0.355 e. The second kappa shape index (κ2) is 11.6. The highest BCUT2D eigenvalue weighted by Crippen LogP contribution is 2.25. The lowest BCUT2D eigenvalue weighted by Gasteiger charge is -2.04. The van der Waals surface area contributed by atoms with Gasteiger partial charge in [0.2, 0.25) is 0 Å². The quantitative estimate of drug-likeness (QED) is 0.197. The maximum Gasteiger partial charge on any atom is 0.0691 e. The average molecular weight is 479 g/mol. The van der Waals surface area contributed by atoms with Crippen LogP contribution < -0.4 is 0 Å². The van der Waals surface area contributed by atoms with Crippen molar-refractivity contribution in [2.45, 2.75) is 78.1 Å². The molecule has 0 aliphatic carbocycles. The van der Waals surface area contributed by atoms with E-state index in [9.17, 15) is 0 Å². The molecule has 2 aliphatic heterocycles. The van der Waals surface area contributed by atoms with Crippen molar-refractivity contribution < 1.29 is 0 Å². The molecule has 3 aromatic rings. The van der Waals surface area contributed by atoms with Crippen LogP contribution in [-0.4, -0.2) is 19.9 Å². The molecule has 0 unspecified atom stereocenters. The van der Waals surface area contributed by atoms with Crippen molar-refractivity contribution in [1.82, 2.24) is 19.9 Å². The first kappa shape index (κ1) is 24.3. The molecule has 0 fully saturated rings. The fourth-order valence-electron chi connectivity index (χ4n) is 5.17. The van der Waals surface area contributed by atoms with Gasteiger partial charge in [-0.3, -0.25) is 0 Å². The Kier molecular flexibility index (Phi) is 7.80. The van der Waals surface area contributed by atoms with Crippen LogP contribution in [-0.2, 0) is 12.8 Å². The van der Waals surface area contributed by atoms with Crippen LogP contribution >= 0.6 is 0 Å². The number of nitrogens with one attached hydrogen (secondary N) is 2. The van der Waals surface area contributed by atoms with Gasteiger partial charge >= 0.3 is 0 Å². The minimum absolute atomic E-state index is 0.988. The first-order valence-corrected chi connectivity index (χ1v) is 13.8. The monoisotopic (exact) mass is 478 g/mol. The lowest BCUT2D eigenvalue weighted by molar-refractivity contribution is 0.665. The van der Waals surface area contributed by atoms with Crippen LogP contribution in [0.15, 0.2) is 36.4 Å². The van der Waals surface area contributed by atoms with Gasteiger partial charge in [-0.1, -0.05) is 52.4 Å². The summed E-state index contributed by atoms with van der Waals surface area (Å²) in [5.74, 6) is 0. The zero-order chi connectivity index (χ0) is 24.7. The summed E-state index contributed by atoms with van der Waals surface area (Å²) in [6, 6.07) is 13.1. The molecule has 3 aromatic heterocycles. The SMILES string of the molecule is CCCCCCc1c2nc(cc3ccc([nH]3)c(CCCCCC)c3ccc(cc4nc1C=C4)[nH]3)C=C2. The molecule has 0 spiro atoms. The molecule has 0 aromatic carbocycles. The molecular weight excluding hydrogens is 440 g/mol. The summed E-state index contributed by atoms with van der Waals surface area (Å²) in [5, 5.41) is 0. The zero-order valence-electron chi connectivity index (χ0n) is 21.7. The molecule has 0 radical (unpaired) electrons. The van der Waals surface area contributed by atoms with E-state index in [1.807, 2.05) is 0 Å². The highest BCUT2D eigenvalue weighted by Gasteiger charge is 2.12. The Labute approximate surface area is 214 Å². The Morgan fingerprint density at radius 2 is 1.06 bits per heavy atom. The third-order valence-corrected chi connectivity index (χ3v) is 7.18. The van der Waals surface area contributed by atoms with Crippen molar-refractivity contribution in [2.75, 3.05) is 0 Å². The third-order valence-electron chi connectivity index (χ3n) is 7.18. The Morgan fingerprint density at radius 3 is 1.56 bits per heavy atom. The largest absolute Gasteiger partial charge is 0.355 e. The van der Waals surface area contributed by atoms with Gasteiger partial charge in [-0.2, -0.15) is 0 Å². The van der Waals surface area contributed by atoms with E-state index in [0.29, 0.717) is 0 Å². The Balaban J connectivity index is 1.66. The number of hydrogen-bond acceptors (Lipinski definition) is 2. The predicted octanol–water partition coefficient (Wildman–Crippen LogP) is 8.90. The van der Waals surface area contributed by atoms with Crippen LogP contribution in [0.25, 0.3) is 46.4 Å². The minimum atomic E-state index is 0.988. The molecule has 4 nitrogen and oxygen atoms in total. The Bertz CT molecular complexity index is 1320. The van der Waals surface area contributed by atoms with Crippen LogP contribution in [0.1, 0.15) is 99.1 Å². The standard InChI is InChI=1S/C32H38N4/c1-3-5-7-9-11-27-29-17-13-23(33-29)21-25-15-19-31(35-25)28(12-10-8-6-4-2)32-20-16-26(36-32)22-24-14-18-30(27)34-24/h13-22,33-34H,3-12H2,1-2H3. The molecule has 4 heteroatoms. The summed E-state index contributed by atoms with van der Waals surface area (Å²) in [7, 11) is 0. The molecule has 0 amide bonds. The van der Waals surface area contributed by atoms with Gasteiger partial charge in [0, 0.05) is 27.6 Å². The van der Waals surface area contributed by atoms with Gasteiger partial charge in [-0.15, -0.1) is 0 Å². The van der Waals surface area contributed by atoms with E-state index < -0.39 is 0 Å². The number of aromatic amines is 2. The van der Waals surface area contributed by atoms with E-state index in [1.165, 1.54) is 67.1 Å². The van der Waals surface area contributed by atoms with E-state index in [-0.39, 0.29) is 0 Å². The van der Waals surface area contributed by atoms with Gasteiger partial charge in [0.05, 0.1) is 22.8 Å². The molecule has 8 bridgehead atoms. The van der Waals surface area contributed by atoms with E-state index in [4.69, 9.17) is 9.97 Å². The van der Waals surface area contributed by atoms with E-state index in [0.717, 1.165) is 53.1 Å². The van der Waals surface area contributed by atoms with E-state index in [2.05, 4.69) is 84.5 Å². The molecule has 186 valence electrons. The summed E-state index contributed by atoms with van der Waals surface area (Å²) in [6.45, 7) is 4.52. The highest BCUT2D eigenvalue weighted by atomic mass is 14.8. The Hall–Kier alpha value is -3.40. The van der Waals surface area contributed by atoms with E-state index >= 15 is 0 Å². The first-order valence-electron chi connectivity index (χ1n) is 13.8. The maximum atomic E-state index is 5.01. The smallest absolute Gasteiger partial charge is 0.0691 e. The average Bonchev–Trinajstić information content (AvgIpc) is 3.68. The number of hydrogen-bond donors (Lipinski definition) is 2. The third kappa shape index (κ3) is 5.70. The fraction of sp³-hybridized carbons (Fsp3) is 0.375. The topological polar surface area (TPSA) is 57.4 Å². The van der Waals surface area contributed by atoms with Gasteiger partial charge in [0.15, 0.2) is 0 Å². The molecule has 36 heavy (non-hydrogen) atoms. The van der Waals surface area contributed by atoms with Gasteiger partial charge in [-0.25, -0.2) is 9.97 Å². The molecule has 5 heterocycles. The van der Waals surface area contributed by atoms with Crippen LogP contribution in [0.3, 0.4) is 0 Å². The molecule has 2 N–H and O–H groups in total. The fourth-order valence-corrected chi connectivity index (χ4v) is 5.17. The number of nitrogens with zero attached hydrogens (tertiary/aromatic N) is 2. The molecule has 5 rings (SSSR count). The summed E-state index contributed by atoms with van der Waals surface area (Å²) in [6.07, 6.45) is 20.5. The summed E-state index contributed by atoms with van der Waals surface area (Å²) >= 11 is 0. The second-order valence-corrected chi connectivity index (χ2v) is 10.0. The second-order valence-electron chi connectivity index (χ2n) is 10.0. The molecular formula is C32H38N4. The van der Waals surface area contributed by atoms with Gasteiger partial charge in [0.1, 0.15) is 0 Å². The number of rotatable bonds is 10. The molecule has 0 atom stereocenters. The normalized spacial score (nSPS) is 12.5. The van der Waals surface area contributed by atoms with Gasteiger partial charge in [-0.05, 0) is 91.9 Å². The first-order chi connectivity index (χ1) is 17.7. The van der Waals surface area contributed by atoms with Crippen molar-refractivity contribution in [3.05, 3.63) is 70.3 Å². The lowest BCUT2D eigenvalue weighted by Crippen LogP contribution is -1.95. The number of H-pyrrole nitrogens is 2. The summed E-state index contributed by atoms with van der Waals surface area (Å²) in [5.41, 5.74) is 11.2. The summed E-state index contributed by atoms with van der Waals surface area (Å²) in [4.78, 5) is 17.3. The Morgan fingerprint density at radius 1 is 0.556 bits per heavy atom. The molecule has 2 aliphatic rings. The van der Waals surface area contributed by atoms with E-state index in [1.54, 1.807) is 0 Å². The molecule has 0 saturated carbocycles. The number of aryl methyl sites for hydroxylation is 1. The van der Waals surface area contributed by atoms with Crippen LogP contribution in [0.4, 0.5) is 0 Å². The van der Waals surface area contributed by atoms with Crippen molar-refractivity contribution >= 4 is 46.4 Å². The summed E-state index contributed by atoms with van der Waals surface area (Å²) < 4.78 is 0. The van der Waals surface area contributed by atoms with Crippen LogP contribution in [0, 0.1) is 0 Å². The van der Waals surface area contributed by atoms with Crippen molar-refractivity contribution in [1.29, 1.82) is 0 Å². The number of unbranched alkanes of at least 4 members (excludes halogenated alkanes) is 6. The highest BCUT2D eigenvalue weighted by molar-refractivity contribution is 5.80. The lowest BCUT2D eigenvalue weighted by atomic mass is 10.0. The van der Waals surface area contributed by atoms with Crippen molar-refractivity contribution in [3.8, 4) is 0 Å². The van der Waals surface area contributed by atoms with Crippen molar-refractivity contribution in [2.24, 2.45) is 0 Å². The van der Waals surface area contributed by atoms with Crippen LogP contribution in [0.5, 0.6) is 0 Å². The van der Waals surface area contributed by atoms with Gasteiger partial charge in [0.25, 0.3) is 0 Å². The van der Waals surface area contributed by atoms with Gasteiger partial charge < -0.3 is 9.97 Å².